The normalized spacial score (nSPS) is 18.1. The van der Waals surface area contributed by atoms with Crippen LogP contribution in [-0.2, 0) is 14.2 Å². The first-order valence-electron chi connectivity index (χ1n) is 9.70. The average Bonchev–Trinajstić information content (AvgIpc) is 2.53. The lowest BCUT2D eigenvalue weighted by Gasteiger charge is -2.36. The standard InChI is InChI=1S/C19H40O5/c1-6-9-12-22-17(15(4)20)19(24-14-11-8-3)18(16(5)21)23-13-10-7-2/h15-21H,6-14H2,1-5H3/t15-,16?,17-,18-,19?/m0/s1. The summed E-state index contributed by atoms with van der Waals surface area (Å²) < 4.78 is 17.8. The molecule has 0 rings (SSSR count). The topological polar surface area (TPSA) is 68.2 Å². The van der Waals surface area contributed by atoms with Gasteiger partial charge in [0.2, 0.25) is 0 Å². The van der Waals surface area contributed by atoms with Crippen molar-refractivity contribution in [3.8, 4) is 0 Å². The van der Waals surface area contributed by atoms with Crippen LogP contribution in [0.25, 0.3) is 0 Å². The fourth-order valence-corrected chi connectivity index (χ4v) is 2.49. The number of ether oxygens (including phenoxy) is 3. The molecule has 0 amide bonds. The van der Waals surface area contributed by atoms with Crippen molar-refractivity contribution in [3.63, 3.8) is 0 Å². The minimum atomic E-state index is -0.690. The Morgan fingerprint density at radius 1 is 0.583 bits per heavy atom. The fraction of sp³-hybridized carbons (Fsp3) is 1.00. The third-order valence-corrected chi connectivity index (χ3v) is 4.02. The van der Waals surface area contributed by atoms with E-state index in [2.05, 4.69) is 20.8 Å². The van der Waals surface area contributed by atoms with E-state index in [-0.39, 0.29) is 0 Å². The molecule has 0 radical (unpaired) electrons. The Morgan fingerprint density at radius 3 is 1.12 bits per heavy atom. The van der Waals surface area contributed by atoms with Gasteiger partial charge in [0.1, 0.15) is 18.3 Å². The molecule has 0 bridgehead atoms. The summed E-state index contributed by atoms with van der Waals surface area (Å²) >= 11 is 0. The number of unbranched alkanes of at least 4 members (excludes halogenated alkanes) is 3. The minimum Gasteiger partial charge on any atom is -0.391 e. The van der Waals surface area contributed by atoms with Crippen molar-refractivity contribution in [3.05, 3.63) is 0 Å². The molecule has 0 aromatic rings. The second kappa shape index (κ2) is 15.1. The van der Waals surface area contributed by atoms with Crippen LogP contribution in [0, 0.1) is 0 Å². The van der Waals surface area contributed by atoms with Gasteiger partial charge in [-0.1, -0.05) is 40.0 Å². The van der Waals surface area contributed by atoms with Crippen molar-refractivity contribution in [1.29, 1.82) is 0 Å². The zero-order valence-electron chi connectivity index (χ0n) is 16.4. The second-order valence-corrected chi connectivity index (χ2v) is 6.55. The van der Waals surface area contributed by atoms with E-state index in [1.165, 1.54) is 0 Å². The third kappa shape index (κ3) is 9.94. The van der Waals surface area contributed by atoms with Gasteiger partial charge in [0.05, 0.1) is 12.2 Å². The molecule has 0 heterocycles. The Hall–Kier alpha value is -0.200. The highest BCUT2D eigenvalue weighted by atomic mass is 16.6. The molecule has 0 saturated heterocycles. The Bertz CT molecular complexity index is 248. The summed E-state index contributed by atoms with van der Waals surface area (Å²) in [6.45, 7) is 11.4. The molecule has 2 unspecified atom stereocenters. The summed E-state index contributed by atoms with van der Waals surface area (Å²) in [5.74, 6) is 0. The van der Waals surface area contributed by atoms with Crippen LogP contribution in [0.1, 0.15) is 73.1 Å². The molecule has 0 aromatic carbocycles. The summed E-state index contributed by atoms with van der Waals surface area (Å²) in [5.41, 5.74) is 0. The smallest absolute Gasteiger partial charge is 0.115 e. The Kier molecular flexibility index (Phi) is 15.0. The van der Waals surface area contributed by atoms with Crippen molar-refractivity contribution >= 4 is 0 Å². The van der Waals surface area contributed by atoms with Gasteiger partial charge in [0, 0.05) is 19.8 Å². The lowest BCUT2D eigenvalue weighted by Crippen LogP contribution is -2.52. The van der Waals surface area contributed by atoms with E-state index in [1.54, 1.807) is 13.8 Å². The molecule has 24 heavy (non-hydrogen) atoms. The number of aliphatic hydroxyl groups excluding tert-OH is 2. The van der Waals surface area contributed by atoms with Crippen LogP contribution >= 0.6 is 0 Å². The lowest BCUT2D eigenvalue weighted by molar-refractivity contribution is -0.186. The molecule has 5 atom stereocenters. The predicted octanol–water partition coefficient (Wildman–Crippen LogP) is 3.30. The molecule has 0 aliphatic carbocycles. The Labute approximate surface area is 148 Å². The molecule has 0 aromatic heterocycles. The van der Waals surface area contributed by atoms with Gasteiger partial charge < -0.3 is 24.4 Å². The van der Waals surface area contributed by atoms with Gasteiger partial charge in [-0.3, -0.25) is 0 Å². The van der Waals surface area contributed by atoms with E-state index in [1.807, 2.05) is 0 Å². The van der Waals surface area contributed by atoms with E-state index in [0.717, 1.165) is 38.5 Å². The molecular formula is C19H40O5. The number of hydrogen-bond donors (Lipinski definition) is 2. The van der Waals surface area contributed by atoms with Crippen LogP contribution in [-0.4, -0.2) is 60.6 Å². The second-order valence-electron chi connectivity index (χ2n) is 6.55. The molecule has 0 aliphatic rings. The summed E-state index contributed by atoms with van der Waals surface area (Å²) in [6.07, 6.45) is 3.00. The Balaban J connectivity index is 5.07. The molecular weight excluding hydrogens is 308 g/mol. The first-order valence-corrected chi connectivity index (χ1v) is 9.70. The monoisotopic (exact) mass is 348 g/mol. The minimum absolute atomic E-state index is 0.481. The SMILES string of the molecule is CCCCOC([C@@H](OCCCC)C(C)O)[C@@H](OCCCC)[C@H](C)O. The third-order valence-electron chi connectivity index (χ3n) is 4.02. The zero-order valence-corrected chi connectivity index (χ0v) is 16.4. The van der Waals surface area contributed by atoms with Gasteiger partial charge in [-0.2, -0.15) is 0 Å². The summed E-state index contributed by atoms with van der Waals surface area (Å²) in [6, 6.07) is 0. The van der Waals surface area contributed by atoms with Crippen molar-refractivity contribution in [2.45, 2.75) is 104 Å². The molecule has 0 saturated carbocycles. The van der Waals surface area contributed by atoms with E-state index >= 15 is 0 Å². The highest BCUT2D eigenvalue weighted by molar-refractivity contribution is 4.86. The quantitative estimate of drug-likeness (QED) is 0.419. The van der Waals surface area contributed by atoms with Crippen LogP contribution < -0.4 is 0 Å². The molecule has 0 spiro atoms. The highest BCUT2D eigenvalue weighted by Gasteiger charge is 2.37. The van der Waals surface area contributed by atoms with E-state index < -0.39 is 30.5 Å². The van der Waals surface area contributed by atoms with Gasteiger partial charge in [-0.25, -0.2) is 0 Å². The van der Waals surface area contributed by atoms with E-state index in [9.17, 15) is 10.2 Å². The maximum atomic E-state index is 10.2. The molecule has 2 N–H and O–H groups in total. The molecule has 0 fully saturated rings. The summed E-state index contributed by atoms with van der Waals surface area (Å²) in [5, 5.41) is 20.4. The van der Waals surface area contributed by atoms with Gasteiger partial charge in [0.15, 0.2) is 0 Å². The fourth-order valence-electron chi connectivity index (χ4n) is 2.49. The van der Waals surface area contributed by atoms with E-state index in [4.69, 9.17) is 14.2 Å². The Morgan fingerprint density at radius 2 is 0.875 bits per heavy atom. The van der Waals surface area contributed by atoms with Crippen LogP contribution in [0.4, 0.5) is 0 Å². The van der Waals surface area contributed by atoms with Gasteiger partial charge in [-0.05, 0) is 33.1 Å². The molecule has 0 aliphatic heterocycles. The maximum absolute atomic E-state index is 10.2. The lowest BCUT2D eigenvalue weighted by atomic mass is 9.99. The first-order chi connectivity index (χ1) is 11.5. The summed E-state index contributed by atoms with van der Waals surface area (Å²) in [4.78, 5) is 0. The van der Waals surface area contributed by atoms with Crippen LogP contribution in [0.15, 0.2) is 0 Å². The van der Waals surface area contributed by atoms with Crippen molar-refractivity contribution in [2.24, 2.45) is 0 Å². The average molecular weight is 349 g/mol. The van der Waals surface area contributed by atoms with Crippen molar-refractivity contribution in [1.82, 2.24) is 0 Å². The van der Waals surface area contributed by atoms with Crippen LogP contribution in [0.5, 0.6) is 0 Å². The van der Waals surface area contributed by atoms with Crippen molar-refractivity contribution < 1.29 is 24.4 Å². The zero-order chi connectivity index (χ0) is 18.4. The molecule has 5 heteroatoms. The van der Waals surface area contributed by atoms with Gasteiger partial charge >= 0.3 is 0 Å². The maximum Gasteiger partial charge on any atom is 0.115 e. The number of rotatable bonds is 16. The first kappa shape index (κ1) is 23.8. The van der Waals surface area contributed by atoms with Gasteiger partial charge in [0.25, 0.3) is 0 Å². The molecule has 146 valence electrons. The predicted molar refractivity (Wildman–Crippen MR) is 97.3 cm³/mol. The van der Waals surface area contributed by atoms with Crippen LogP contribution in [0.3, 0.4) is 0 Å². The molecule has 5 nitrogen and oxygen atoms in total. The largest absolute Gasteiger partial charge is 0.391 e. The van der Waals surface area contributed by atoms with E-state index in [0.29, 0.717) is 19.8 Å². The van der Waals surface area contributed by atoms with Crippen molar-refractivity contribution in [2.75, 3.05) is 19.8 Å². The highest BCUT2D eigenvalue weighted by Crippen LogP contribution is 2.20. The number of hydrogen-bond acceptors (Lipinski definition) is 5. The number of aliphatic hydroxyl groups is 2. The summed E-state index contributed by atoms with van der Waals surface area (Å²) in [7, 11) is 0. The van der Waals surface area contributed by atoms with Crippen LogP contribution in [0.2, 0.25) is 0 Å². The van der Waals surface area contributed by atoms with Gasteiger partial charge in [-0.15, -0.1) is 0 Å².